The maximum atomic E-state index is 13.3. The van der Waals surface area contributed by atoms with Crippen LogP contribution in [0, 0.1) is 0 Å². The number of thiophene rings is 1. The summed E-state index contributed by atoms with van der Waals surface area (Å²) >= 11 is 2.91. The molecule has 5 nitrogen and oxygen atoms in total. The normalized spacial score (nSPS) is 12.7. The molecule has 1 amide bonds. The summed E-state index contributed by atoms with van der Waals surface area (Å²) < 4.78 is 1.64. The van der Waals surface area contributed by atoms with E-state index >= 15 is 0 Å². The van der Waals surface area contributed by atoms with Crippen LogP contribution >= 0.6 is 23.1 Å². The molecule has 7 heteroatoms. The number of thioether (sulfide) groups is 1. The minimum absolute atomic E-state index is 0.0290. The third-order valence-corrected chi connectivity index (χ3v) is 8.17. The molecule has 0 unspecified atom stereocenters. The zero-order chi connectivity index (χ0) is 23.5. The van der Waals surface area contributed by atoms with Crippen molar-refractivity contribution in [2.45, 2.75) is 37.0 Å². The second-order valence-electron chi connectivity index (χ2n) is 8.25. The molecule has 0 atom stereocenters. The summed E-state index contributed by atoms with van der Waals surface area (Å²) in [5.74, 6) is 0.0481. The first kappa shape index (κ1) is 22.6. The number of carbonyl (C=O) groups excluding carboxylic acids is 1. The highest BCUT2D eigenvalue weighted by molar-refractivity contribution is 7.99. The molecule has 1 N–H and O–H groups in total. The summed E-state index contributed by atoms with van der Waals surface area (Å²) in [5, 5.41) is 4.47. The standard InChI is InChI=1S/C27H25N3O2S2/c1-2-16-30-26(32)23-20-14-9-15-21(20)34-25(23)29-27(30)33-17-22(31)28-24(18-10-5-3-6-11-18)19-12-7-4-8-13-19/h2-8,10-13,24H,1,9,14-17H2,(H,28,31). The number of fused-ring (bicyclic) bond motifs is 3. The molecule has 1 aliphatic rings. The van der Waals surface area contributed by atoms with Gasteiger partial charge in [-0.25, -0.2) is 4.98 Å². The largest absolute Gasteiger partial charge is 0.344 e. The van der Waals surface area contributed by atoms with Gasteiger partial charge in [-0.3, -0.25) is 14.2 Å². The molecule has 0 spiro atoms. The van der Waals surface area contributed by atoms with Gasteiger partial charge < -0.3 is 5.32 Å². The average molecular weight is 488 g/mol. The molecule has 2 aromatic carbocycles. The molecule has 0 saturated heterocycles. The Morgan fingerprint density at radius 1 is 1.12 bits per heavy atom. The Hall–Kier alpha value is -3.16. The van der Waals surface area contributed by atoms with E-state index in [4.69, 9.17) is 4.98 Å². The lowest BCUT2D eigenvalue weighted by Gasteiger charge is -2.20. The fraction of sp³-hybridized carbons (Fsp3) is 0.222. The van der Waals surface area contributed by atoms with Crippen molar-refractivity contribution >= 4 is 39.2 Å². The van der Waals surface area contributed by atoms with E-state index in [0.29, 0.717) is 11.7 Å². The van der Waals surface area contributed by atoms with Crippen molar-refractivity contribution in [3.05, 3.63) is 105 Å². The number of nitrogens with zero attached hydrogens (tertiary/aromatic N) is 2. The van der Waals surface area contributed by atoms with Crippen molar-refractivity contribution in [2.24, 2.45) is 0 Å². The minimum Gasteiger partial charge on any atom is -0.344 e. The maximum absolute atomic E-state index is 13.3. The number of aromatic nitrogens is 2. The Kier molecular flexibility index (Phi) is 6.65. The Labute approximate surface area is 206 Å². The van der Waals surface area contributed by atoms with Crippen LogP contribution in [0.2, 0.25) is 0 Å². The molecule has 0 radical (unpaired) electrons. The van der Waals surface area contributed by atoms with Gasteiger partial charge in [-0.1, -0.05) is 78.5 Å². The Morgan fingerprint density at radius 2 is 1.79 bits per heavy atom. The smallest absolute Gasteiger partial charge is 0.263 e. The van der Waals surface area contributed by atoms with Crippen molar-refractivity contribution in [1.82, 2.24) is 14.9 Å². The van der Waals surface area contributed by atoms with Crippen LogP contribution in [0.4, 0.5) is 0 Å². The van der Waals surface area contributed by atoms with E-state index in [-0.39, 0.29) is 23.3 Å². The molecular formula is C27H25N3O2S2. The van der Waals surface area contributed by atoms with Gasteiger partial charge in [0.2, 0.25) is 5.91 Å². The number of allylic oxidation sites excluding steroid dienone is 1. The number of hydrogen-bond donors (Lipinski definition) is 1. The van der Waals surface area contributed by atoms with E-state index in [0.717, 1.165) is 46.2 Å². The lowest BCUT2D eigenvalue weighted by molar-refractivity contribution is -0.119. The highest BCUT2D eigenvalue weighted by Crippen LogP contribution is 2.35. The maximum Gasteiger partial charge on any atom is 0.263 e. The van der Waals surface area contributed by atoms with Crippen LogP contribution in [0.25, 0.3) is 10.2 Å². The zero-order valence-corrected chi connectivity index (χ0v) is 20.3. The second-order valence-corrected chi connectivity index (χ2v) is 10.3. The van der Waals surface area contributed by atoms with Crippen molar-refractivity contribution < 1.29 is 4.79 Å². The van der Waals surface area contributed by atoms with Gasteiger partial charge in [-0.2, -0.15) is 0 Å². The number of aryl methyl sites for hydroxylation is 2. The summed E-state index contributed by atoms with van der Waals surface area (Å²) in [5.41, 5.74) is 3.17. The summed E-state index contributed by atoms with van der Waals surface area (Å²) in [6, 6.07) is 19.6. The van der Waals surface area contributed by atoms with Crippen molar-refractivity contribution in [3.8, 4) is 0 Å². The zero-order valence-electron chi connectivity index (χ0n) is 18.7. The molecule has 0 saturated carbocycles. The van der Waals surface area contributed by atoms with E-state index in [1.54, 1.807) is 22.0 Å². The summed E-state index contributed by atoms with van der Waals surface area (Å²) in [7, 11) is 0. The first-order chi connectivity index (χ1) is 16.7. The van der Waals surface area contributed by atoms with Crippen molar-refractivity contribution in [1.29, 1.82) is 0 Å². The topological polar surface area (TPSA) is 64.0 Å². The van der Waals surface area contributed by atoms with Gasteiger partial charge >= 0.3 is 0 Å². The van der Waals surface area contributed by atoms with E-state index in [1.165, 1.54) is 16.6 Å². The number of hydrogen-bond acceptors (Lipinski definition) is 5. The number of rotatable bonds is 8. The molecule has 0 aliphatic heterocycles. The fourth-order valence-corrected chi connectivity index (χ4v) is 6.56. The molecule has 4 aromatic rings. The quantitative estimate of drug-likeness (QED) is 0.213. The van der Waals surface area contributed by atoms with Gasteiger partial charge in [-0.05, 0) is 36.0 Å². The van der Waals surface area contributed by atoms with Gasteiger partial charge in [-0.15, -0.1) is 17.9 Å². The van der Waals surface area contributed by atoms with Gasteiger partial charge in [0, 0.05) is 11.4 Å². The first-order valence-electron chi connectivity index (χ1n) is 11.3. The van der Waals surface area contributed by atoms with E-state index < -0.39 is 0 Å². The number of nitrogens with one attached hydrogen (secondary N) is 1. The molecule has 2 heterocycles. The molecule has 0 fully saturated rings. The van der Waals surface area contributed by atoms with Crippen LogP contribution in [0.15, 0.2) is 83.3 Å². The average Bonchev–Trinajstić information content (AvgIpc) is 3.45. The number of amides is 1. The van der Waals surface area contributed by atoms with Crippen LogP contribution in [0.1, 0.15) is 34.0 Å². The highest BCUT2D eigenvalue weighted by atomic mass is 32.2. The van der Waals surface area contributed by atoms with E-state index in [9.17, 15) is 9.59 Å². The highest BCUT2D eigenvalue weighted by Gasteiger charge is 2.24. The first-order valence-corrected chi connectivity index (χ1v) is 13.1. The fourth-order valence-electron chi connectivity index (χ4n) is 4.44. The lowest BCUT2D eigenvalue weighted by Crippen LogP contribution is -2.31. The molecule has 34 heavy (non-hydrogen) atoms. The van der Waals surface area contributed by atoms with Crippen LogP contribution in [-0.2, 0) is 24.2 Å². The molecule has 5 rings (SSSR count). The van der Waals surface area contributed by atoms with Crippen molar-refractivity contribution in [2.75, 3.05) is 5.75 Å². The molecule has 2 aromatic heterocycles. The van der Waals surface area contributed by atoms with Gasteiger partial charge in [0.15, 0.2) is 5.16 Å². The van der Waals surface area contributed by atoms with Crippen LogP contribution in [0.5, 0.6) is 0 Å². The SMILES string of the molecule is C=CCn1c(SCC(=O)NC(c2ccccc2)c2ccccc2)nc2sc3c(c2c1=O)CCC3. The minimum atomic E-state index is -0.249. The van der Waals surface area contributed by atoms with Crippen LogP contribution in [0.3, 0.4) is 0 Å². The summed E-state index contributed by atoms with van der Waals surface area (Å²) in [4.78, 5) is 33.2. The third-order valence-electron chi connectivity index (χ3n) is 6.01. The lowest BCUT2D eigenvalue weighted by atomic mass is 9.99. The predicted octanol–water partition coefficient (Wildman–Crippen LogP) is 5.13. The predicted molar refractivity (Wildman–Crippen MR) is 140 cm³/mol. The molecule has 0 bridgehead atoms. The van der Waals surface area contributed by atoms with Gasteiger partial charge in [0.1, 0.15) is 4.83 Å². The third kappa shape index (κ3) is 4.45. The van der Waals surface area contributed by atoms with Gasteiger partial charge in [0.25, 0.3) is 5.56 Å². The molecule has 1 aliphatic carbocycles. The summed E-state index contributed by atoms with van der Waals surface area (Å²) in [6.07, 6.45) is 4.75. The van der Waals surface area contributed by atoms with E-state index in [1.807, 2.05) is 60.7 Å². The second kappa shape index (κ2) is 9.99. The van der Waals surface area contributed by atoms with Crippen molar-refractivity contribution in [3.63, 3.8) is 0 Å². The number of benzene rings is 2. The Bertz CT molecular complexity index is 1350. The Balaban J connectivity index is 1.39. The molecular weight excluding hydrogens is 462 g/mol. The van der Waals surface area contributed by atoms with E-state index in [2.05, 4.69) is 11.9 Å². The molecule has 172 valence electrons. The summed E-state index contributed by atoms with van der Waals surface area (Å²) in [6.45, 7) is 4.17. The van der Waals surface area contributed by atoms with Crippen LogP contribution in [-0.4, -0.2) is 21.2 Å². The van der Waals surface area contributed by atoms with Gasteiger partial charge in [0.05, 0.1) is 17.2 Å². The van der Waals surface area contributed by atoms with Crippen LogP contribution < -0.4 is 10.9 Å². The monoisotopic (exact) mass is 487 g/mol. The Morgan fingerprint density at radius 3 is 2.44 bits per heavy atom. The number of carbonyl (C=O) groups is 1.